The molecule has 0 bridgehead atoms. The molecule has 1 N–H and O–H groups in total. The lowest BCUT2D eigenvalue weighted by molar-refractivity contribution is -0.136. The number of thiophene rings is 1. The van der Waals surface area contributed by atoms with Gasteiger partial charge in [-0.25, -0.2) is 19.5 Å². The number of carbonyl (C=O) groups is 1. The summed E-state index contributed by atoms with van der Waals surface area (Å²) in [4.78, 5) is 30.4. The maximum atomic E-state index is 11.9. The molecule has 2 saturated heterocycles. The van der Waals surface area contributed by atoms with Gasteiger partial charge in [-0.2, -0.15) is 5.10 Å². The van der Waals surface area contributed by atoms with Gasteiger partial charge < -0.3 is 19.9 Å². The average Bonchev–Trinajstić information content (AvgIpc) is 3.67. The number of hydrogen-bond donors (Lipinski definition) is 1. The number of anilines is 3. The number of carbonyl (C=O) groups excluding carboxylic acids is 1. The fraction of sp³-hybridized carbons (Fsp3) is 0.250. The van der Waals surface area contributed by atoms with Crippen molar-refractivity contribution in [1.82, 2.24) is 29.5 Å². The van der Waals surface area contributed by atoms with Crippen LogP contribution in [0.4, 0.5) is 16.5 Å². The van der Waals surface area contributed by atoms with Gasteiger partial charge in [0.25, 0.3) is 0 Å². The van der Waals surface area contributed by atoms with Gasteiger partial charge in [-0.1, -0.05) is 17.9 Å². The number of hydrogen-bond acceptors (Lipinski definition) is 9. The molecule has 11 heteroatoms. The number of aromatic nitrogens is 5. The van der Waals surface area contributed by atoms with Gasteiger partial charge in [-0.3, -0.25) is 4.79 Å². The van der Waals surface area contributed by atoms with Crippen LogP contribution in [0.2, 0.25) is 0 Å². The highest BCUT2D eigenvalue weighted by molar-refractivity contribution is 7.22. The Morgan fingerprint density at radius 1 is 1.13 bits per heavy atom. The van der Waals surface area contributed by atoms with Crippen LogP contribution in [0.1, 0.15) is 12.0 Å². The lowest BCUT2D eigenvalue weighted by Crippen LogP contribution is -2.59. The van der Waals surface area contributed by atoms with Crippen LogP contribution in [0, 0.1) is 12.3 Å². The highest BCUT2D eigenvalue weighted by Crippen LogP contribution is 2.44. The molecular formula is C28H26N8O2S. The summed E-state index contributed by atoms with van der Waals surface area (Å²) in [7, 11) is 0. The fourth-order valence-corrected chi connectivity index (χ4v) is 6.52. The summed E-state index contributed by atoms with van der Waals surface area (Å²) in [5.74, 6) is 2.26. The van der Waals surface area contributed by atoms with Crippen LogP contribution in [0.25, 0.3) is 15.9 Å². The Morgan fingerprint density at radius 3 is 2.87 bits per heavy atom. The molecule has 196 valence electrons. The number of aryl methyl sites for hydroxylation is 1. The predicted molar refractivity (Wildman–Crippen MR) is 151 cm³/mol. The molecule has 0 unspecified atom stereocenters. The van der Waals surface area contributed by atoms with E-state index in [1.807, 2.05) is 48.4 Å². The summed E-state index contributed by atoms with van der Waals surface area (Å²) in [6.07, 6.45) is 7.43. The van der Waals surface area contributed by atoms with Crippen LogP contribution >= 0.6 is 11.3 Å². The Bertz CT molecular complexity index is 1740. The van der Waals surface area contributed by atoms with Crippen molar-refractivity contribution in [3.63, 3.8) is 0 Å². The minimum atomic E-state index is 0.0233. The number of nitrogens with one attached hydrogen (secondary N) is 1. The zero-order valence-corrected chi connectivity index (χ0v) is 22.2. The standard InChI is InChI=1S/C28H26N8O2S/c1-3-24(37)35-14-28(15-35)7-9-34(13-28)25-12-21-26(30-16-31-27(21)39-25)33-19-4-5-22(18(2)10-19)38-20-6-8-36-23(11-20)29-17-32-36/h3-6,8,10-12,16-17H,1,7,9,13-15H2,2H3,(H,30,31,33). The number of rotatable bonds is 6. The number of pyridine rings is 1. The van der Waals surface area contributed by atoms with E-state index in [9.17, 15) is 4.79 Å². The molecular weight excluding hydrogens is 512 g/mol. The van der Waals surface area contributed by atoms with E-state index < -0.39 is 0 Å². The molecule has 39 heavy (non-hydrogen) atoms. The smallest absolute Gasteiger partial charge is 0.245 e. The molecule has 0 atom stereocenters. The second kappa shape index (κ2) is 9.05. The van der Waals surface area contributed by atoms with Gasteiger partial charge >= 0.3 is 0 Å². The van der Waals surface area contributed by atoms with E-state index in [1.54, 1.807) is 22.2 Å². The summed E-state index contributed by atoms with van der Waals surface area (Å²) >= 11 is 1.68. The monoisotopic (exact) mass is 538 g/mol. The van der Waals surface area contributed by atoms with E-state index >= 15 is 0 Å². The molecule has 1 spiro atoms. The lowest BCUT2D eigenvalue weighted by Gasteiger charge is -2.47. The molecule has 0 radical (unpaired) electrons. The normalized spacial score (nSPS) is 16.1. The molecule has 1 amide bonds. The van der Waals surface area contributed by atoms with Gasteiger partial charge in [-0.05, 0) is 55.3 Å². The van der Waals surface area contributed by atoms with Crippen LogP contribution in [-0.4, -0.2) is 61.6 Å². The SMILES string of the molecule is C=CC(=O)N1CC2(CCN(c3cc4c(Nc5ccc(Oc6ccn7ncnc7c6)c(C)c5)ncnc4s3)C2)C1. The first-order valence-electron chi connectivity index (χ1n) is 12.7. The molecule has 1 aromatic carbocycles. The zero-order valence-electron chi connectivity index (χ0n) is 21.4. The van der Waals surface area contributed by atoms with E-state index in [-0.39, 0.29) is 11.3 Å². The number of fused-ring (bicyclic) bond motifs is 2. The first-order valence-corrected chi connectivity index (χ1v) is 13.6. The van der Waals surface area contributed by atoms with Crippen LogP contribution in [0.3, 0.4) is 0 Å². The molecule has 5 aromatic rings. The molecule has 10 nitrogen and oxygen atoms in total. The Kier molecular flexibility index (Phi) is 5.48. The zero-order chi connectivity index (χ0) is 26.6. The molecule has 6 heterocycles. The second-order valence-corrected chi connectivity index (χ2v) is 11.2. The van der Waals surface area contributed by atoms with E-state index in [2.05, 4.69) is 42.9 Å². The molecule has 2 aliphatic rings. The van der Waals surface area contributed by atoms with Gasteiger partial charge in [0, 0.05) is 49.5 Å². The highest BCUT2D eigenvalue weighted by Gasteiger charge is 2.49. The maximum absolute atomic E-state index is 11.9. The van der Waals surface area contributed by atoms with Crippen molar-refractivity contribution in [2.45, 2.75) is 13.3 Å². The number of ether oxygens (including phenoxy) is 1. The third kappa shape index (κ3) is 4.24. The minimum Gasteiger partial charge on any atom is -0.457 e. The number of likely N-dealkylation sites (tertiary alicyclic amines) is 1. The second-order valence-electron chi connectivity index (χ2n) is 10.2. The average molecular weight is 539 g/mol. The number of benzene rings is 1. The summed E-state index contributed by atoms with van der Waals surface area (Å²) < 4.78 is 7.81. The minimum absolute atomic E-state index is 0.0233. The summed E-state index contributed by atoms with van der Waals surface area (Å²) in [5.41, 5.74) is 2.82. The lowest BCUT2D eigenvalue weighted by atomic mass is 9.79. The van der Waals surface area contributed by atoms with E-state index in [4.69, 9.17) is 4.74 Å². The Labute approximate surface area is 228 Å². The van der Waals surface area contributed by atoms with Crippen molar-refractivity contribution in [1.29, 1.82) is 0 Å². The third-order valence-electron chi connectivity index (χ3n) is 7.52. The predicted octanol–water partition coefficient (Wildman–Crippen LogP) is 4.80. The first-order chi connectivity index (χ1) is 19.0. The van der Waals surface area contributed by atoms with Gasteiger partial charge in [0.2, 0.25) is 5.91 Å². The van der Waals surface area contributed by atoms with Crippen molar-refractivity contribution < 1.29 is 9.53 Å². The van der Waals surface area contributed by atoms with Crippen LogP contribution in [-0.2, 0) is 4.79 Å². The molecule has 2 fully saturated rings. The Morgan fingerprint density at radius 2 is 2.03 bits per heavy atom. The van der Waals surface area contributed by atoms with Crippen molar-refractivity contribution >= 4 is 49.6 Å². The number of nitrogens with zero attached hydrogens (tertiary/aromatic N) is 7. The summed E-state index contributed by atoms with van der Waals surface area (Å²) in [5, 5.41) is 9.77. The molecule has 4 aromatic heterocycles. The molecule has 0 saturated carbocycles. The van der Waals surface area contributed by atoms with Crippen molar-refractivity contribution in [2.75, 3.05) is 36.4 Å². The maximum Gasteiger partial charge on any atom is 0.245 e. The van der Waals surface area contributed by atoms with Crippen LogP contribution in [0.5, 0.6) is 11.5 Å². The molecule has 7 rings (SSSR count). The fourth-order valence-electron chi connectivity index (χ4n) is 5.49. The van der Waals surface area contributed by atoms with Crippen molar-refractivity contribution in [3.8, 4) is 11.5 Å². The quantitative estimate of drug-likeness (QED) is 0.308. The van der Waals surface area contributed by atoms with E-state index in [1.165, 1.54) is 17.4 Å². The van der Waals surface area contributed by atoms with Gasteiger partial charge in [0.15, 0.2) is 5.65 Å². The third-order valence-corrected chi connectivity index (χ3v) is 8.63. The van der Waals surface area contributed by atoms with E-state index in [0.717, 1.165) is 71.3 Å². The van der Waals surface area contributed by atoms with Gasteiger partial charge in [0.05, 0.1) is 10.4 Å². The van der Waals surface area contributed by atoms with Crippen molar-refractivity contribution in [2.24, 2.45) is 5.41 Å². The topological polar surface area (TPSA) is 101 Å². The molecule has 2 aliphatic heterocycles. The van der Waals surface area contributed by atoms with Crippen LogP contribution < -0.4 is 15.0 Å². The van der Waals surface area contributed by atoms with Crippen LogP contribution in [0.15, 0.2) is 67.9 Å². The van der Waals surface area contributed by atoms with Gasteiger partial charge in [0.1, 0.15) is 34.8 Å². The first kappa shape index (κ1) is 23.6. The largest absolute Gasteiger partial charge is 0.457 e. The van der Waals surface area contributed by atoms with Gasteiger partial charge in [-0.15, -0.1) is 0 Å². The Balaban J connectivity index is 1.07. The number of amides is 1. The summed E-state index contributed by atoms with van der Waals surface area (Å²) in [6, 6.07) is 11.9. The Hall–Kier alpha value is -4.51. The summed E-state index contributed by atoms with van der Waals surface area (Å²) in [6.45, 7) is 9.16. The van der Waals surface area contributed by atoms with E-state index in [0.29, 0.717) is 5.75 Å². The van der Waals surface area contributed by atoms with Crippen molar-refractivity contribution in [3.05, 3.63) is 73.5 Å². The molecule has 0 aliphatic carbocycles. The highest BCUT2D eigenvalue weighted by atomic mass is 32.1.